The van der Waals surface area contributed by atoms with Gasteiger partial charge in [-0.1, -0.05) is 0 Å². The molecule has 1 aromatic rings. The number of hydrogen-bond donors (Lipinski definition) is 3. The summed E-state index contributed by atoms with van der Waals surface area (Å²) in [6.07, 6.45) is 0.122. The molecule has 0 aromatic heterocycles. The number of phenolic OH excluding ortho intramolecular Hbond substituents is 1. The van der Waals surface area contributed by atoms with E-state index in [9.17, 15) is 15.0 Å². The second-order valence-corrected chi connectivity index (χ2v) is 5.86. The molecule has 0 aliphatic heterocycles. The van der Waals surface area contributed by atoms with E-state index in [2.05, 4.69) is 5.32 Å². The number of anilines is 1. The van der Waals surface area contributed by atoms with Gasteiger partial charge in [0.2, 0.25) is 0 Å². The highest BCUT2D eigenvalue weighted by Crippen LogP contribution is 2.24. The zero-order chi connectivity index (χ0) is 15.3. The van der Waals surface area contributed by atoms with Gasteiger partial charge in [0.1, 0.15) is 11.4 Å². The first kappa shape index (κ1) is 16.3. The smallest absolute Gasteiger partial charge is 0.412 e. The number of carbonyl (C=O) groups is 1. The van der Waals surface area contributed by atoms with Gasteiger partial charge in [0, 0.05) is 5.69 Å². The van der Waals surface area contributed by atoms with Crippen LogP contribution in [0, 0.1) is 0 Å². The molecule has 0 aliphatic carbocycles. The summed E-state index contributed by atoms with van der Waals surface area (Å²) in [5.74, 6) is 0.125. The van der Waals surface area contributed by atoms with Gasteiger partial charge < -0.3 is 14.9 Å². The minimum atomic E-state index is -0.569. The third kappa shape index (κ3) is 5.93. The summed E-state index contributed by atoms with van der Waals surface area (Å²) in [5.41, 5.74) is 0.773. The Balaban J connectivity index is 2.80. The average molecular weight is 281 g/mol. The molecule has 0 fully saturated rings. The van der Waals surface area contributed by atoms with Gasteiger partial charge in [-0.25, -0.2) is 4.79 Å². The Hall–Kier alpha value is -1.75. The molecule has 5 heteroatoms. The van der Waals surface area contributed by atoms with E-state index in [4.69, 9.17) is 4.74 Å². The van der Waals surface area contributed by atoms with E-state index in [1.165, 1.54) is 6.07 Å². The van der Waals surface area contributed by atoms with Crippen molar-refractivity contribution in [3.05, 3.63) is 23.8 Å². The number of amides is 1. The summed E-state index contributed by atoms with van der Waals surface area (Å²) in [7, 11) is 0. The maximum Gasteiger partial charge on any atom is 0.412 e. The van der Waals surface area contributed by atoms with E-state index in [-0.39, 0.29) is 5.75 Å². The van der Waals surface area contributed by atoms with E-state index in [1.807, 2.05) is 0 Å². The highest BCUT2D eigenvalue weighted by atomic mass is 16.6. The van der Waals surface area contributed by atoms with Crippen LogP contribution >= 0.6 is 0 Å². The molecule has 5 nitrogen and oxygen atoms in total. The van der Waals surface area contributed by atoms with Gasteiger partial charge in [0.05, 0.1) is 6.10 Å². The molecule has 112 valence electrons. The van der Waals surface area contributed by atoms with Crippen LogP contribution in [-0.4, -0.2) is 28.0 Å². The SMILES string of the molecule is C[C@@H](O)CCc1cc(O)ccc1NC(=O)OC(C)(C)C. The van der Waals surface area contributed by atoms with Crippen molar-refractivity contribution < 1.29 is 19.7 Å². The maximum atomic E-state index is 11.8. The zero-order valence-electron chi connectivity index (χ0n) is 12.4. The van der Waals surface area contributed by atoms with Gasteiger partial charge >= 0.3 is 6.09 Å². The zero-order valence-corrected chi connectivity index (χ0v) is 12.4. The van der Waals surface area contributed by atoms with Gasteiger partial charge in [-0.2, -0.15) is 0 Å². The molecule has 1 rings (SSSR count). The van der Waals surface area contributed by atoms with E-state index in [0.717, 1.165) is 5.56 Å². The fourth-order valence-electron chi connectivity index (χ4n) is 1.69. The summed E-state index contributed by atoms with van der Waals surface area (Å²) >= 11 is 0. The number of phenols is 1. The number of aliphatic hydroxyl groups is 1. The number of aliphatic hydroxyl groups excluding tert-OH is 1. The van der Waals surface area contributed by atoms with Crippen molar-refractivity contribution in [2.45, 2.75) is 52.2 Å². The molecule has 0 bridgehead atoms. The minimum absolute atomic E-state index is 0.125. The van der Waals surface area contributed by atoms with Crippen molar-refractivity contribution >= 4 is 11.8 Å². The molecule has 1 aromatic carbocycles. The molecule has 0 saturated heterocycles. The van der Waals surface area contributed by atoms with E-state index >= 15 is 0 Å². The molecule has 0 unspecified atom stereocenters. The molecular weight excluding hydrogens is 258 g/mol. The lowest BCUT2D eigenvalue weighted by molar-refractivity contribution is 0.0635. The lowest BCUT2D eigenvalue weighted by atomic mass is 10.0. The van der Waals surface area contributed by atoms with E-state index in [1.54, 1.807) is 39.8 Å². The van der Waals surface area contributed by atoms with Crippen molar-refractivity contribution in [1.29, 1.82) is 0 Å². The van der Waals surface area contributed by atoms with Gasteiger partial charge in [-0.15, -0.1) is 0 Å². The molecule has 1 amide bonds. The van der Waals surface area contributed by atoms with Gasteiger partial charge in [-0.05, 0) is 64.3 Å². The molecule has 0 aliphatic rings. The van der Waals surface area contributed by atoms with Crippen LogP contribution in [0.1, 0.15) is 39.7 Å². The van der Waals surface area contributed by atoms with Crippen LogP contribution in [0.15, 0.2) is 18.2 Å². The van der Waals surface area contributed by atoms with Crippen molar-refractivity contribution in [2.75, 3.05) is 5.32 Å². The largest absolute Gasteiger partial charge is 0.508 e. The fourth-order valence-corrected chi connectivity index (χ4v) is 1.69. The molecular formula is C15H23NO4. The lowest BCUT2D eigenvalue weighted by Gasteiger charge is -2.20. The predicted octanol–water partition coefficient (Wildman–Crippen LogP) is 3.05. The Morgan fingerprint density at radius 2 is 2.05 bits per heavy atom. The van der Waals surface area contributed by atoms with Crippen LogP contribution in [0.25, 0.3) is 0 Å². The van der Waals surface area contributed by atoms with Crippen LogP contribution in [0.5, 0.6) is 5.75 Å². The Labute approximate surface area is 119 Å². The second-order valence-electron chi connectivity index (χ2n) is 5.86. The highest BCUT2D eigenvalue weighted by molar-refractivity contribution is 5.86. The first-order valence-corrected chi connectivity index (χ1v) is 6.67. The summed E-state index contributed by atoms with van der Waals surface area (Å²) in [4.78, 5) is 11.8. The van der Waals surface area contributed by atoms with E-state index in [0.29, 0.717) is 18.5 Å². The molecule has 3 N–H and O–H groups in total. The van der Waals surface area contributed by atoms with Crippen molar-refractivity contribution in [2.24, 2.45) is 0 Å². The van der Waals surface area contributed by atoms with Crippen LogP contribution in [0.4, 0.5) is 10.5 Å². The third-order valence-corrected chi connectivity index (χ3v) is 2.56. The Morgan fingerprint density at radius 1 is 1.40 bits per heavy atom. The fraction of sp³-hybridized carbons (Fsp3) is 0.533. The van der Waals surface area contributed by atoms with E-state index < -0.39 is 17.8 Å². The Bertz CT molecular complexity index is 463. The Morgan fingerprint density at radius 3 is 2.60 bits per heavy atom. The average Bonchev–Trinajstić information content (AvgIpc) is 2.26. The number of hydrogen-bond acceptors (Lipinski definition) is 4. The number of nitrogens with one attached hydrogen (secondary N) is 1. The third-order valence-electron chi connectivity index (χ3n) is 2.56. The molecule has 0 saturated carbocycles. The first-order chi connectivity index (χ1) is 9.17. The first-order valence-electron chi connectivity index (χ1n) is 6.67. The number of carbonyl (C=O) groups excluding carboxylic acids is 1. The molecule has 0 spiro atoms. The van der Waals surface area contributed by atoms with Crippen molar-refractivity contribution in [3.63, 3.8) is 0 Å². The number of aryl methyl sites for hydroxylation is 1. The molecule has 20 heavy (non-hydrogen) atoms. The number of aromatic hydroxyl groups is 1. The van der Waals surface area contributed by atoms with Crippen molar-refractivity contribution in [3.8, 4) is 5.75 Å². The summed E-state index contributed by atoms with van der Waals surface area (Å²) in [6, 6.07) is 4.70. The van der Waals surface area contributed by atoms with Crippen LogP contribution in [0.2, 0.25) is 0 Å². The molecule has 1 atom stereocenters. The normalized spacial score (nSPS) is 12.8. The highest BCUT2D eigenvalue weighted by Gasteiger charge is 2.17. The summed E-state index contributed by atoms with van der Waals surface area (Å²) in [5, 5.41) is 21.5. The number of benzene rings is 1. The monoisotopic (exact) mass is 281 g/mol. The van der Waals surface area contributed by atoms with Gasteiger partial charge in [-0.3, -0.25) is 5.32 Å². The number of ether oxygens (including phenoxy) is 1. The minimum Gasteiger partial charge on any atom is -0.508 e. The maximum absolute atomic E-state index is 11.8. The van der Waals surface area contributed by atoms with Gasteiger partial charge in [0.25, 0.3) is 0 Å². The summed E-state index contributed by atoms with van der Waals surface area (Å²) < 4.78 is 5.19. The molecule has 0 heterocycles. The molecule has 0 radical (unpaired) electrons. The van der Waals surface area contributed by atoms with Gasteiger partial charge in [0.15, 0.2) is 0 Å². The standard InChI is InChI=1S/C15H23NO4/c1-10(17)5-6-11-9-12(18)7-8-13(11)16-14(19)20-15(2,3)4/h7-10,17-18H,5-6H2,1-4H3,(H,16,19)/t10-/m1/s1. The second kappa shape index (κ2) is 6.61. The summed E-state index contributed by atoms with van der Waals surface area (Å²) in [6.45, 7) is 7.07. The quantitative estimate of drug-likeness (QED) is 0.741. The number of rotatable bonds is 4. The predicted molar refractivity (Wildman–Crippen MR) is 78.0 cm³/mol. The lowest BCUT2D eigenvalue weighted by Crippen LogP contribution is -2.27. The van der Waals surface area contributed by atoms with Crippen molar-refractivity contribution in [1.82, 2.24) is 0 Å². The Kier molecular flexibility index (Phi) is 5.39. The van der Waals surface area contributed by atoms with Crippen LogP contribution in [-0.2, 0) is 11.2 Å². The van der Waals surface area contributed by atoms with Crippen LogP contribution < -0.4 is 5.32 Å². The topological polar surface area (TPSA) is 78.8 Å². The van der Waals surface area contributed by atoms with Crippen LogP contribution in [0.3, 0.4) is 0 Å².